The third-order valence-electron chi connectivity index (χ3n) is 3.28. The summed E-state index contributed by atoms with van der Waals surface area (Å²) in [6.07, 6.45) is 7.89. The molecule has 0 aromatic carbocycles. The Morgan fingerprint density at radius 3 is 2.50 bits per heavy atom. The van der Waals surface area contributed by atoms with Crippen LogP contribution in [0, 0.1) is 0 Å². The number of rotatable bonds is 9. The highest BCUT2D eigenvalue weighted by molar-refractivity contribution is 4.71. The Labute approximate surface area is 99.7 Å². The van der Waals surface area contributed by atoms with E-state index in [1.165, 1.54) is 45.2 Å². The first-order valence-corrected chi connectivity index (χ1v) is 6.75. The summed E-state index contributed by atoms with van der Waals surface area (Å²) in [5.74, 6) is 0. The minimum absolute atomic E-state index is 0.305. The number of unbranched alkanes of at least 4 members (excludes halogenated alkanes) is 2. The van der Waals surface area contributed by atoms with Gasteiger partial charge in [0.05, 0.1) is 6.17 Å². The highest BCUT2D eigenvalue weighted by Gasteiger charge is 2.17. The maximum absolute atomic E-state index is 6.14. The molecule has 0 saturated carbocycles. The lowest BCUT2D eigenvalue weighted by Crippen LogP contribution is -2.39. The van der Waals surface area contributed by atoms with Crippen molar-refractivity contribution in [2.24, 2.45) is 11.5 Å². The maximum Gasteiger partial charge on any atom is 0.0571 e. The van der Waals surface area contributed by atoms with Crippen molar-refractivity contribution in [1.82, 2.24) is 10.2 Å². The van der Waals surface area contributed by atoms with Crippen molar-refractivity contribution >= 4 is 0 Å². The van der Waals surface area contributed by atoms with Crippen LogP contribution in [0.2, 0.25) is 0 Å². The number of nitrogens with zero attached hydrogens (tertiary/aromatic N) is 1. The highest BCUT2D eigenvalue weighted by atomic mass is 15.2. The molecule has 1 fully saturated rings. The van der Waals surface area contributed by atoms with E-state index < -0.39 is 0 Å². The molecule has 1 unspecified atom stereocenters. The van der Waals surface area contributed by atoms with Gasteiger partial charge in [-0.25, -0.2) is 0 Å². The van der Waals surface area contributed by atoms with Crippen LogP contribution < -0.4 is 16.8 Å². The molecule has 5 N–H and O–H groups in total. The molecular formula is C12H28N4. The van der Waals surface area contributed by atoms with Crippen molar-refractivity contribution in [2.75, 3.05) is 32.7 Å². The third kappa shape index (κ3) is 5.80. The van der Waals surface area contributed by atoms with E-state index in [0.29, 0.717) is 6.17 Å². The van der Waals surface area contributed by atoms with E-state index in [1.807, 2.05) is 0 Å². The van der Waals surface area contributed by atoms with Gasteiger partial charge in [-0.2, -0.15) is 0 Å². The topological polar surface area (TPSA) is 67.3 Å². The largest absolute Gasteiger partial charge is 0.329 e. The molecule has 0 aromatic heterocycles. The molecule has 1 heterocycles. The highest BCUT2D eigenvalue weighted by Crippen LogP contribution is 2.13. The van der Waals surface area contributed by atoms with Crippen LogP contribution in [0.1, 0.15) is 38.5 Å². The summed E-state index contributed by atoms with van der Waals surface area (Å²) in [5, 5.41) is 3.31. The van der Waals surface area contributed by atoms with E-state index in [-0.39, 0.29) is 0 Å². The molecular weight excluding hydrogens is 200 g/mol. The van der Waals surface area contributed by atoms with E-state index >= 15 is 0 Å². The van der Waals surface area contributed by atoms with Crippen LogP contribution in [-0.4, -0.2) is 43.8 Å². The van der Waals surface area contributed by atoms with Gasteiger partial charge in [-0.1, -0.05) is 12.8 Å². The number of likely N-dealkylation sites (tertiary alicyclic amines) is 1. The molecule has 0 spiro atoms. The monoisotopic (exact) mass is 228 g/mol. The molecule has 4 nitrogen and oxygen atoms in total. The zero-order valence-electron chi connectivity index (χ0n) is 10.5. The van der Waals surface area contributed by atoms with Gasteiger partial charge < -0.3 is 16.8 Å². The van der Waals surface area contributed by atoms with Crippen molar-refractivity contribution < 1.29 is 0 Å². The molecule has 0 amide bonds. The van der Waals surface area contributed by atoms with Gasteiger partial charge in [-0.3, -0.25) is 4.90 Å². The van der Waals surface area contributed by atoms with Crippen LogP contribution in [0.5, 0.6) is 0 Å². The van der Waals surface area contributed by atoms with Crippen LogP contribution in [0.3, 0.4) is 0 Å². The number of nitrogens with one attached hydrogen (secondary N) is 1. The standard InChI is InChI=1S/C12H28N4/c13-7-9-15-8-3-1-2-6-12(14)16-10-4-5-11-16/h12,15H,1-11,13-14H2. The zero-order valence-corrected chi connectivity index (χ0v) is 10.5. The van der Waals surface area contributed by atoms with Crippen molar-refractivity contribution in [3.05, 3.63) is 0 Å². The van der Waals surface area contributed by atoms with Gasteiger partial charge in [-0.15, -0.1) is 0 Å². The average Bonchev–Trinajstić information content (AvgIpc) is 2.81. The summed E-state index contributed by atoms with van der Waals surface area (Å²) >= 11 is 0. The van der Waals surface area contributed by atoms with Crippen LogP contribution in [0.25, 0.3) is 0 Å². The van der Waals surface area contributed by atoms with Crippen LogP contribution in [-0.2, 0) is 0 Å². The SMILES string of the molecule is NCCNCCCCCC(N)N1CCCC1. The summed E-state index contributed by atoms with van der Waals surface area (Å²) in [4.78, 5) is 2.42. The van der Waals surface area contributed by atoms with Crippen LogP contribution >= 0.6 is 0 Å². The number of hydrogen-bond donors (Lipinski definition) is 3. The smallest absolute Gasteiger partial charge is 0.0571 e. The van der Waals surface area contributed by atoms with Gasteiger partial charge >= 0.3 is 0 Å². The Hall–Kier alpha value is -0.160. The predicted molar refractivity (Wildman–Crippen MR) is 69.2 cm³/mol. The minimum Gasteiger partial charge on any atom is -0.329 e. The van der Waals surface area contributed by atoms with Crippen molar-refractivity contribution in [1.29, 1.82) is 0 Å². The van der Waals surface area contributed by atoms with E-state index in [9.17, 15) is 0 Å². The first kappa shape index (κ1) is 13.9. The molecule has 16 heavy (non-hydrogen) atoms. The maximum atomic E-state index is 6.14. The number of nitrogens with two attached hydrogens (primary N) is 2. The van der Waals surface area contributed by atoms with Crippen molar-refractivity contribution in [3.63, 3.8) is 0 Å². The molecule has 1 atom stereocenters. The fourth-order valence-electron chi connectivity index (χ4n) is 2.26. The Bertz CT molecular complexity index is 157. The first-order valence-electron chi connectivity index (χ1n) is 6.75. The van der Waals surface area contributed by atoms with Crippen LogP contribution in [0.4, 0.5) is 0 Å². The lowest BCUT2D eigenvalue weighted by molar-refractivity contribution is 0.231. The number of hydrogen-bond acceptors (Lipinski definition) is 4. The first-order chi connectivity index (χ1) is 7.84. The van der Waals surface area contributed by atoms with Gasteiger partial charge in [0.25, 0.3) is 0 Å². The Kier molecular flexibility index (Phi) is 7.76. The normalized spacial score (nSPS) is 19.1. The van der Waals surface area contributed by atoms with Crippen molar-refractivity contribution in [2.45, 2.75) is 44.7 Å². The van der Waals surface area contributed by atoms with Gasteiger partial charge in [0, 0.05) is 13.1 Å². The summed E-state index contributed by atoms with van der Waals surface area (Å²) in [5.41, 5.74) is 11.5. The van der Waals surface area contributed by atoms with Gasteiger partial charge in [0.1, 0.15) is 0 Å². The quantitative estimate of drug-likeness (QED) is 0.502. The summed E-state index contributed by atoms with van der Waals surface area (Å²) in [7, 11) is 0. The summed E-state index contributed by atoms with van der Waals surface area (Å²) in [6, 6.07) is 0. The molecule has 1 rings (SSSR count). The minimum atomic E-state index is 0.305. The Balaban J connectivity index is 1.86. The predicted octanol–water partition coefficient (Wildman–Crippen LogP) is 0.476. The second kappa shape index (κ2) is 8.93. The molecule has 0 aromatic rings. The molecule has 96 valence electrons. The molecule has 4 heteroatoms. The third-order valence-corrected chi connectivity index (χ3v) is 3.28. The molecule has 1 aliphatic rings. The fraction of sp³-hybridized carbons (Fsp3) is 1.00. The molecule has 1 saturated heterocycles. The van der Waals surface area contributed by atoms with E-state index in [2.05, 4.69) is 10.2 Å². The zero-order chi connectivity index (χ0) is 11.6. The average molecular weight is 228 g/mol. The van der Waals surface area contributed by atoms with E-state index in [4.69, 9.17) is 11.5 Å². The lowest BCUT2D eigenvalue weighted by atomic mass is 10.1. The summed E-state index contributed by atoms with van der Waals surface area (Å²) in [6.45, 7) is 5.18. The summed E-state index contributed by atoms with van der Waals surface area (Å²) < 4.78 is 0. The lowest BCUT2D eigenvalue weighted by Gasteiger charge is -2.23. The molecule has 0 bridgehead atoms. The Morgan fingerprint density at radius 1 is 1.06 bits per heavy atom. The van der Waals surface area contributed by atoms with Gasteiger partial charge in [0.15, 0.2) is 0 Å². The molecule has 0 aliphatic carbocycles. The second-order valence-electron chi connectivity index (χ2n) is 4.70. The van der Waals surface area contributed by atoms with Gasteiger partial charge in [0.2, 0.25) is 0 Å². The molecule has 1 aliphatic heterocycles. The van der Waals surface area contributed by atoms with E-state index in [1.54, 1.807) is 0 Å². The van der Waals surface area contributed by atoms with Crippen LogP contribution in [0.15, 0.2) is 0 Å². The Morgan fingerprint density at radius 2 is 1.81 bits per heavy atom. The van der Waals surface area contributed by atoms with Crippen molar-refractivity contribution in [3.8, 4) is 0 Å². The van der Waals surface area contributed by atoms with E-state index in [0.717, 1.165) is 26.1 Å². The molecule has 0 radical (unpaired) electrons. The van der Waals surface area contributed by atoms with Gasteiger partial charge in [-0.05, 0) is 45.3 Å². The fourth-order valence-corrected chi connectivity index (χ4v) is 2.26. The second-order valence-corrected chi connectivity index (χ2v) is 4.70.